The van der Waals surface area contributed by atoms with Gasteiger partial charge in [-0.15, -0.1) is 11.7 Å². The second-order valence-electron chi connectivity index (χ2n) is 3.60. The molecule has 1 aliphatic heterocycles. The maximum atomic E-state index is 11.0. The van der Waals surface area contributed by atoms with Crippen molar-refractivity contribution in [3.63, 3.8) is 0 Å². The van der Waals surface area contributed by atoms with E-state index in [1.807, 2.05) is 0 Å². The first-order chi connectivity index (χ1) is 7.74. The topological polar surface area (TPSA) is 77.2 Å². The molecule has 6 heteroatoms. The maximum Gasteiger partial charge on any atom is 0.358 e. The summed E-state index contributed by atoms with van der Waals surface area (Å²) in [6.07, 6.45) is 3.19. The number of carboxylic acid groups (broad SMARTS) is 1. The fraction of sp³-hybridized carbons (Fsp3) is 0.500. The van der Waals surface area contributed by atoms with Crippen LogP contribution in [0.5, 0.6) is 0 Å². The summed E-state index contributed by atoms with van der Waals surface area (Å²) in [5.74, 6) is -1.07. The normalized spacial score (nSPS) is 19.9. The van der Waals surface area contributed by atoms with Crippen LogP contribution in [0.1, 0.15) is 35.1 Å². The summed E-state index contributed by atoms with van der Waals surface area (Å²) in [7, 11) is 0. The van der Waals surface area contributed by atoms with Crippen LogP contribution < -0.4 is 0 Å². The second-order valence-corrected chi connectivity index (χ2v) is 3.60. The lowest BCUT2D eigenvalue weighted by Gasteiger charge is -2.11. The van der Waals surface area contributed by atoms with Crippen LogP contribution in [0.25, 0.3) is 0 Å². The summed E-state index contributed by atoms with van der Waals surface area (Å²) in [6.45, 7) is 4.70. The molecule has 2 heterocycles. The van der Waals surface area contributed by atoms with Crippen molar-refractivity contribution < 1.29 is 14.6 Å². The van der Waals surface area contributed by atoms with Crippen molar-refractivity contribution in [2.75, 3.05) is 6.61 Å². The van der Waals surface area contributed by atoms with Gasteiger partial charge in [0.2, 0.25) is 0 Å². The molecule has 0 saturated carbocycles. The molecule has 0 amide bonds. The molecule has 86 valence electrons. The number of hydrogen-bond donors (Lipinski definition) is 1. The summed E-state index contributed by atoms with van der Waals surface area (Å²) < 4.78 is 7.01. The molecular formula is C10H13N3O3. The maximum absolute atomic E-state index is 11.0. The third kappa shape index (κ3) is 1.83. The van der Waals surface area contributed by atoms with E-state index in [2.05, 4.69) is 16.9 Å². The minimum absolute atomic E-state index is 0.0197. The number of aromatic nitrogens is 3. The van der Waals surface area contributed by atoms with Crippen LogP contribution in [0.3, 0.4) is 0 Å². The fourth-order valence-corrected chi connectivity index (χ4v) is 1.84. The molecule has 2 rings (SSSR count). The smallest absolute Gasteiger partial charge is 0.358 e. The van der Waals surface area contributed by atoms with Gasteiger partial charge >= 0.3 is 5.97 Å². The van der Waals surface area contributed by atoms with Gasteiger partial charge in [-0.1, -0.05) is 11.3 Å². The number of rotatable bonds is 4. The molecule has 1 aromatic heterocycles. The van der Waals surface area contributed by atoms with E-state index in [1.165, 1.54) is 4.68 Å². The van der Waals surface area contributed by atoms with Gasteiger partial charge in [0.05, 0.1) is 6.54 Å². The second kappa shape index (κ2) is 4.44. The third-order valence-electron chi connectivity index (χ3n) is 2.51. The lowest BCUT2D eigenvalue weighted by molar-refractivity contribution is 0.0672. The van der Waals surface area contributed by atoms with Crippen LogP contribution in [0.2, 0.25) is 0 Å². The predicted octanol–water partition coefficient (Wildman–Crippen LogP) is 1.01. The number of aromatic carboxylic acids is 1. The Labute approximate surface area is 92.5 Å². The van der Waals surface area contributed by atoms with Crippen molar-refractivity contribution in [2.45, 2.75) is 25.5 Å². The fourth-order valence-electron chi connectivity index (χ4n) is 1.84. The molecule has 0 aromatic carbocycles. The van der Waals surface area contributed by atoms with Crippen LogP contribution in [-0.2, 0) is 11.3 Å². The van der Waals surface area contributed by atoms with E-state index < -0.39 is 5.97 Å². The minimum Gasteiger partial charge on any atom is -0.476 e. The Hall–Kier alpha value is -1.69. The SMILES string of the molecule is C=CCn1nnc(C(=O)O)c1C1CCCO1. The first-order valence-corrected chi connectivity index (χ1v) is 5.13. The highest BCUT2D eigenvalue weighted by molar-refractivity contribution is 5.86. The van der Waals surface area contributed by atoms with Crippen molar-refractivity contribution in [1.82, 2.24) is 15.0 Å². The zero-order valence-electron chi connectivity index (χ0n) is 8.80. The highest BCUT2D eigenvalue weighted by Crippen LogP contribution is 2.29. The van der Waals surface area contributed by atoms with Gasteiger partial charge in [0.15, 0.2) is 5.69 Å². The van der Waals surface area contributed by atoms with Crippen LogP contribution in [-0.4, -0.2) is 32.7 Å². The molecule has 1 aliphatic rings. The molecule has 1 fully saturated rings. The molecule has 0 bridgehead atoms. The number of nitrogens with zero attached hydrogens (tertiary/aromatic N) is 3. The van der Waals surface area contributed by atoms with Crippen molar-refractivity contribution >= 4 is 5.97 Å². The Bertz CT molecular complexity index is 407. The Kier molecular flexibility index (Phi) is 3.00. The summed E-state index contributed by atoms with van der Waals surface area (Å²) in [6, 6.07) is 0. The van der Waals surface area contributed by atoms with E-state index in [-0.39, 0.29) is 11.8 Å². The Morgan fingerprint density at radius 2 is 2.56 bits per heavy atom. The average molecular weight is 223 g/mol. The van der Waals surface area contributed by atoms with Gasteiger partial charge in [0.25, 0.3) is 0 Å². The van der Waals surface area contributed by atoms with Gasteiger partial charge in [0.1, 0.15) is 11.8 Å². The van der Waals surface area contributed by atoms with Gasteiger partial charge in [-0.25, -0.2) is 9.48 Å². The van der Waals surface area contributed by atoms with E-state index in [1.54, 1.807) is 6.08 Å². The van der Waals surface area contributed by atoms with Crippen LogP contribution >= 0.6 is 0 Å². The quantitative estimate of drug-likeness (QED) is 0.771. The summed E-state index contributed by atoms with van der Waals surface area (Å²) in [4.78, 5) is 11.0. The van der Waals surface area contributed by atoms with Crippen molar-refractivity contribution in [1.29, 1.82) is 0 Å². The van der Waals surface area contributed by atoms with Crippen LogP contribution in [0.4, 0.5) is 0 Å². The highest BCUT2D eigenvalue weighted by Gasteiger charge is 2.29. The first kappa shape index (κ1) is 10.8. The summed E-state index contributed by atoms with van der Waals surface area (Å²) in [5, 5.41) is 16.5. The summed E-state index contributed by atoms with van der Waals surface area (Å²) in [5.41, 5.74) is 0.527. The first-order valence-electron chi connectivity index (χ1n) is 5.13. The Morgan fingerprint density at radius 3 is 3.12 bits per heavy atom. The van der Waals surface area contributed by atoms with Gasteiger partial charge in [-0.3, -0.25) is 0 Å². The van der Waals surface area contributed by atoms with Crippen molar-refractivity contribution in [3.05, 3.63) is 24.0 Å². The molecule has 1 aromatic rings. The summed E-state index contributed by atoms with van der Waals surface area (Å²) >= 11 is 0. The molecule has 0 spiro atoms. The number of carbonyl (C=O) groups is 1. The third-order valence-corrected chi connectivity index (χ3v) is 2.51. The largest absolute Gasteiger partial charge is 0.476 e. The van der Waals surface area contributed by atoms with Gasteiger partial charge in [-0.05, 0) is 12.8 Å². The van der Waals surface area contributed by atoms with Crippen LogP contribution in [0.15, 0.2) is 12.7 Å². The number of hydrogen-bond acceptors (Lipinski definition) is 4. The zero-order chi connectivity index (χ0) is 11.5. The van der Waals surface area contributed by atoms with Crippen molar-refractivity contribution in [2.24, 2.45) is 0 Å². The van der Waals surface area contributed by atoms with Crippen molar-refractivity contribution in [3.8, 4) is 0 Å². The number of allylic oxidation sites excluding steroid dienone is 1. The van der Waals surface area contributed by atoms with Gasteiger partial charge in [0, 0.05) is 6.61 Å². The highest BCUT2D eigenvalue weighted by atomic mass is 16.5. The molecule has 1 atom stereocenters. The average Bonchev–Trinajstić information content (AvgIpc) is 2.84. The monoisotopic (exact) mass is 223 g/mol. The predicted molar refractivity (Wildman–Crippen MR) is 55.1 cm³/mol. The lowest BCUT2D eigenvalue weighted by Crippen LogP contribution is -2.12. The molecule has 1 unspecified atom stereocenters. The molecular weight excluding hydrogens is 210 g/mol. The number of ether oxygens (including phenoxy) is 1. The molecule has 1 N–H and O–H groups in total. The Morgan fingerprint density at radius 1 is 1.75 bits per heavy atom. The van der Waals surface area contributed by atoms with Crippen LogP contribution in [0, 0.1) is 0 Å². The minimum atomic E-state index is -1.07. The molecule has 6 nitrogen and oxygen atoms in total. The molecule has 1 saturated heterocycles. The van der Waals surface area contributed by atoms with Gasteiger partial charge < -0.3 is 9.84 Å². The van der Waals surface area contributed by atoms with Gasteiger partial charge in [-0.2, -0.15) is 0 Å². The molecule has 0 radical (unpaired) electrons. The van der Waals surface area contributed by atoms with E-state index in [4.69, 9.17) is 9.84 Å². The zero-order valence-corrected chi connectivity index (χ0v) is 8.80. The van der Waals surface area contributed by atoms with E-state index in [0.717, 1.165) is 12.8 Å². The molecule has 0 aliphatic carbocycles. The number of carboxylic acids is 1. The lowest BCUT2D eigenvalue weighted by atomic mass is 10.1. The Balaban J connectivity index is 2.39. The van der Waals surface area contributed by atoms with E-state index in [9.17, 15) is 4.79 Å². The standard InChI is InChI=1S/C10H13N3O3/c1-2-5-13-9(7-4-3-6-16-7)8(10(14)15)11-12-13/h2,7H,1,3-6H2,(H,14,15). The molecule has 16 heavy (non-hydrogen) atoms. The van der Waals surface area contributed by atoms with E-state index in [0.29, 0.717) is 18.8 Å². The van der Waals surface area contributed by atoms with E-state index >= 15 is 0 Å².